The Morgan fingerprint density at radius 1 is 1.17 bits per heavy atom. The minimum atomic E-state index is 0.765. The first-order valence-corrected chi connectivity index (χ1v) is 8.93. The number of aryl methyl sites for hydroxylation is 1. The Morgan fingerprint density at radius 3 is 2.48 bits per heavy atom. The minimum absolute atomic E-state index is 0.765. The van der Waals surface area contributed by atoms with Gasteiger partial charge in [-0.05, 0) is 57.3 Å². The van der Waals surface area contributed by atoms with E-state index in [1.54, 1.807) is 0 Å². The van der Waals surface area contributed by atoms with Crippen LogP contribution in [0.5, 0.6) is 0 Å². The van der Waals surface area contributed by atoms with Crippen LogP contribution in [0, 0.1) is 12.8 Å². The highest BCUT2D eigenvalue weighted by Crippen LogP contribution is 2.16. The molecule has 23 heavy (non-hydrogen) atoms. The maximum atomic E-state index is 4.33. The molecule has 0 saturated carbocycles. The van der Waals surface area contributed by atoms with Gasteiger partial charge in [0, 0.05) is 20.1 Å². The van der Waals surface area contributed by atoms with E-state index in [1.807, 2.05) is 7.05 Å². The van der Waals surface area contributed by atoms with Crippen LogP contribution in [-0.4, -0.2) is 44.1 Å². The molecule has 1 aliphatic rings. The van der Waals surface area contributed by atoms with Crippen molar-refractivity contribution >= 4 is 5.96 Å². The number of nitrogens with one attached hydrogen (secondary N) is 2. The average Bonchev–Trinajstić information content (AvgIpc) is 2.58. The molecule has 1 fully saturated rings. The molecule has 4 heteroatoms. The normalized spacial score (nSPS) is 17.3. The lowest BCUT2D eigenvalue weighted by Crippen LogP contribution is -2.42. The van der Waals surface area contributed by atoms with E-state index in [1.165, 1.54) is 50.0 Å². The topological polar surface area (TPSA) is 39.7 Å². The Kier molecular flexibility index (Phi) is 7.40. The SMILES string of the molecule is CCCN1CCC(CNC(=NC)NCc2ccc(C)cc2)CC1. The number of likely N-dealkylation sites (tertiary alicyclic amines) is 1. The molecule has 2 N–H and O–H groups in total. The van der Waals surface area contributed by atoms with Crippen molar-refractivity contribution in [3.8, 4) is 0 Å². The van der Waals surface area contributed by atoms with Gasteiger partial charge >= 0.3 is 0 Å². The van der Waals surface area contributed by atoms with E-state index in [9.17, 15) is 0 Å². The highest BCUT2D eigenvalue weighted by atomic mass is 15.2. The summed E-state index contributed by atoms with van der Waals surface area (Å²) in [6.07, 6.45) is 3.85. The van der Waals surface area contributed by atoms with Crippen LogP contribution in [0.25, 0.3) is 0 Å². The standard InChI is InChI=1S/C19H32N4/c1-4-11-23-12-9-18(10-13-23)15-22-19(20-3)21-14-17-7-5-16(2)6-8-17/h5-8,18H,4,9-15H2,1-3H3,(H2,20,21,22). The van der Waals surface area contributed by atoms with Gasteiger partial charge in [0.1, 0.15) is 0 Å². The number of aliphatic imine (C=N–C) groups is 1. The Balaban J connectivity index is 1.68. The maximum absolute atomic E-state index is 4.33. The van der Waals surface area contributed by atoms with Gasteiger partial charge in [-0.25, -0.2) is 0 Å². The molecule has 4 nitrogen and oxygen atoms in total. The molecule has 0 aliphatic carbocycles. The predicted octanol–water partition coefficient (Wildman–Crippen LogP) is 2.78. The maximum Gasteiger partial charge on any atom is 0.191 e. The molecule has 1 heterocycles. The molecule has 1 aromatic rings. The first-order valence-electron chi connectivity index (χ1n) is 8.93. The van der Waals surface area contributed by atoms with Crippen LogP contribution in [-0.2, 0) is 6.54 Å². The summed E-state index contributed by atoms with van der Waals surface area (Å²) in [6.45, 7) is 9.95. The molecular weight excluding hydrogens is 284 g/mol. The number of piperidine rings is 1. The number of guanidine groups is 1. The second kappa shape index (κ2) is 9.56. The minimum Gasteiger partial charge on any atom is -0.356 e. The third-order valence-electron chi connectivity index (χ3n) is 4.61. The van der Waals surface area contributed by atoms with Gasteiger partial charge in [0.15, 0.2) is 5.96 Å². The molecule has 0 aromatic heterocycles. The Bertz CT molecular complexity index is 473. The number of nitrogens with zero attached hydrogens (tertiary/aromatic N) is 2. The number of benzene rings is 1. The van der Waals surface area contributed by atoms with Gasteiger partial charge in [0.2, 0.25) is 0 Å². The van der Waals surface area contributed by atoms with Crippen LogP contribution in [0.1, 0.15) is 37.3 Å². The largest absolute Gasteiger partial charge is 0.356 e. The van der Waals surface area contributed by atoms with Crippen LogP contribution in [0.4, 0.5) is 0 Å². The summed E-state index contributed by atoms with van der Waals surface area (Å²) < 4.78 is 0. The number of hydrogen-bond acceptors (Lipinski definition) is 2. The van der Waals surface area contributed by atoms with Gasteiger partial charge < -0.3 is 15.5 Å². The average molecular weight is 316 g/mol. The molecule has 0 radical (unpaired) electrons. The lowest BCUT2D eigenvalue weighted by atomic mass is 9.97. The van der Waals surface area contributed by atoms with Crippen LogP contribution in [0.2, 0.25) is 0 Å². The molecule has 128 valence electrons. The van der Waals surface area contributed by atoms with Gasteiger partial charge in [-0.3, -0.25) is 4.99 Å². The van der Waals surface area contributed by atoms with Crippen LogP contribution < -0.4 is 10.6 Å². The summed E-state index contributed by atoms with van der Waals surface area (Å²) in [5.41, 5.74) is 2.58. The second-order valence-electron chi connectivity index (χ2n) is 6.58. The number of hydrogen-bond donors (Lipinski definition) is 2. The van der Waals surface area contributed by atoms with Crippen LogP contribution in [0.15, 0.2) is 29.3 Å². The van der Waals surface area contributed by atoms with Crippen molar-refractivity contribution in [2.45, 2.75) is 39.7 Å². The molecule has 1 saturated heterocycles. The Hall–Kier alpha value is -1.55. The van der Waals surface area contributed by atoms with E-state index in [4.69, 9.17) is 0 Å². The van der Waals surface area contributed by atoms with Crippen molar-refractivity contribution < 1.29 is 0 Å². The summed E-state index contributed by atoms with van der Waals surface area (Å²) >= 11 is 0. The fourth-order valence-electron chi connectivity index (χ4n) is 3.08. The summed E-state index contributed by atoms with van der Waals surface area (Å²) in [4.78, 5) is 6.92. The molecule has 0 atom stereocenters. The summed E-state index contributed by atoms with van der Waals surface area (Å²) in [5, 5.41) is 6.89. The third-order valence-corrected chi connectivity index (χ3v) is 4.61. The van der Waals surface area contributed by atoms with Gasteiger partial charge in [0.25, 0.3) is 0 Å². The smallest absolute Gasteiger partial charge is 0.191 e. The monoisotopic (exact) mass is 316 g/mol. The van der Waals surface area contributed by atoms with E-state index in [2.05, 4.69) is 58.6 Å². The van der Waals surface area contributed by atoms with Gasteiger partial charge in [-0.1, -0.05) is 36.8 Å². The van der Waals surface area contributed by atoms with E-state index in [0.717, 1.165) is 25.0 Å². The van der Waals surface area contributed by atoms with Crippen molar-refractivity contribution in [2.24, 2.45) is 10.9 Å². The highest BCUT2D eigenvalue weighted by Gasteiger charge is 2.18. The zero-order valence-corrected chi connectivity index (χ0v) is 14.9. The van der Waals surface area contributed by atoms with Crippen molar-refractivity contribution in [1.82, 2.24) is 15.5 Å². The molecule has 0 spiro atoms. The van der Waals surface area contributed by atoms with E-state index in [0.29, 0.717) is 0 Å². The van der Waals surface area contributed by atoms with Crippen molar-refractivity contribution in [3.05, 3.63) is 35.4 Å². The van der Waals surface area contributed by atoms with Gasteiger partial charge in [-0.15, -0.1) is 0 Å². The molecule has 0 amide bonds. The first-order chi connectivity index (χ1) is 11.2. The molecule has 0 unspecified atom stereocenters. The van der Waals surface area contributed by atoms with E-state index < -0.39 is 0 Å². The second-order valence-corrected chi connectivity index (χ2v) is 6.58. The number of rotatable bonds is 6. The van der Waals surface area contributed by atoms with Crippen molar-refractivity contribution in [2.75, 3.05) is 33.2 Å². The lowest BCUT2D eigenvalue weighted by Gasteiger charge is -2.32. The highest BCUT2D eigenvalue weighted by molar-refractivity contribution is 5.79. The van der Waals surface area contributed by atoms with Gasteiger partial charge in [0.05, 0.1) is 0 Å². The van der Waals surface area contributed by atoms with Crippen LogP contribution in [0.3, 0.4) is 0 Å². The van der Waals surface area contributed by atoms with Crippen molar-refractivity contribution in [1.29, 1.82) is 0 Å². The first kappa shape index (κ1) is 17.8. The molecule has 0 bridgehead atoms. The third kappa shape index (κ3) is 6.22. The lowest BCUT2D eigenvalue weighted by molar-refractivity contribution is 0.185. The molecule has 1 aliphatic heterocycles. The molecular formula is C19H32N4. The summed E-state index contributed by atoms with van der Waals surface area (Å²) in [7, 11) is 1.84. The fourth-order valence-corrected chi connectivity index (χ4v) is 3.08. The fraction of sp³-hybridized carbons (Fsp3) is 0.632. The van der Waals surface area contributed by atoms with Crippen LogP contribution >= 0.6 is 0 Å². The Labute approximate surface area is 141 Å². The van der Waals surface area contributed by atoms with Crippen molar-refractivity contribution in [3.63, 3.8) is 0 Å². The molecule has 1 aromatic carbocycles. The van der Waals surface area contributed by atoms with Gasteiger partial charge in [-0.2, -0.15) is 0 Å². The van der Waals surface area contributed by atoms with E-state index >= 15 is 0 Å². The predicted molar refractivity (Wildman–Crippen MR) is 98.8 cm³/mol. The molecule has 2 rings (SSSR count). The summed E-state index contributed by atoms with van der Waals surface area (Å²) in [5.74, 6) is 1.67. The zero-order chi connectivity index (χ0) is 16.5. The quantitative estimate of drug-likeness (QED) is 0.626. The zero-order valence-electron chi connectivity index (χ0n) is 14.9. The summed E-state index contributed by atoms with van der Waals surface area (Å²) in [6, 6.07) is 8.63. The Morgan fingerprint density at radius 2 is 1.87 bits per heavy atom. The van der Waals surface area contributed by atoms with E-state index in [-0.39, 0.29) is 0 Å².